The lowest BCUT2D eigenvalue weighted by Gasteiger charge is -2.21. The van der Waals surface area contributed by atoms with Crippen LogP contribution in [0.4, 0.5) is 5.69 Å². The van der Waals surface area contributed by atoms with Crippen LogP contribution < -0.4 is 4.90 Å². The van der Waals surface area contributed by atoms with E-state index in [-0.39, 0.29) is 6.04 Å². The van der Waals surface area contributed by atoms with Gasteiger partial charge in [0.15, 0.2) is 0 Å². The van der Waals surface area contributed by atoms with Crippen molar-refractivity contribution in [1.29, 1.82) is 0 Å². The van der Waals surface area contributed by atoms with E-state index in [2.05, 4.69) is 5.10 Å². The Morgan fingerprint density at radius 1 is 1.16 bits per heavy atom. The number of sulfonamides is 1. The molecule has 1 aliphatic rings. The van der Waals surface area contributed by atoms with Crippen LogP contribution in [-0.2, 0) is 10.0 Å². The zero-order valence-electron chi connectivity index (χ0n) is 14.3. The summed E-state index contributed by atoms with van der Waals surface area (Å²) >= 11 is 6.08. The van der Waals surface area contributed by atoms with Crippen molar-refractivity contribution in [1.82, 2.24) is 4.41 Å². The molecule has 0 spiro atoms. The molecule has 0 saturated heterocycles. The highest BCUT2D eigenvalue weighted by Crippen LogP contribution is 2.35. The van der Waals surface area contributed by atoms with Crippen LogP contribution in [-0.4, -0.2) is 38.9 Å². The first-order valence-corrected chi connectivity index (χ1v) is 10.1. The highest BCUT2D eigenvalue weighted by molar-refractivity contribution is 7.88. The summed E-state index contributed by atoms with van der Waals surface area (Å²) in [6.07, 6.45) is 1.68. The number of halogens is 1. The molecule has 3 rings (SSSR count). The molecule has 0 amide bonds. The number of anilines is 1. The summed E-state index contributed by atoms with van der Waals surface area (Å²) in [5, 5.41) is 4.98. The molecule has 0 aromatic heterocycles. The summed E-state index contributed by atoms with van der Waals surface area (Å²) in [4.78, 5) is 2.01. The van der Waals surface area contributed by atoms with E-state index in [0.29, 0.717) is 11.4 Å². The van der Waals surface area contributed by atoms with Crippen molar-refractivity contribution in [3.05, 3.63) is 64.7 Å². The van der Waals surface area contributed by atoms with Crippen molar-refractivity contribution in [2.24, 2.45) is 5.10 Å². The van der Waals surface area contributed by atoms with Crippen LogP contribution in [0.1, 0.15) is 23.6 Å². The zero-order chi connectivity index (χ0) is 18.2. The van der Waals surface area contributed by atoms with Crippen molar-refractivity contribution >= 4 is 33.0 Å². The number of rotatable bonds is 4. The molecule has 0 radical (unpaired) electrons. The molecule has 1 aliphatic heterocycles. The van der Waals surface area contributed by atoms with E-state index in [0.717, 1.165) is 22.5 Å². The van der Waals surface area contributed by atoms with Crippen molar-refractivity contribution in [2.75, 3.05) is 25.3 Å². The summed E-state index contributed by atoms with van der Waals surface area (Å²) < 4.78 is 25.6. The van der Waals surface area contributed by atoms with Gasteiger partial charge in [-0.25, -0.2) is 8.42 Å². The first kappa shape index (κ1) is 17.8. The van der Waals surface area contributed by atoms with Crippen molar-refractivity contribution in [3.63, 3.8) is 0 Å². The van der Waals surface area contributed by atoms with Gasteiger partial charge in [-0.15, -0.1) is 0 Å². The largest absolute Gasteiger partial charge is 0.378 e. The molecule has 0 aliphatic carbocycles. The maximum atomic E-state index is 12.2. The third-order valence-electron chi connectivity index (χ3n) is 4.16. The van der Waals surface area contributed by atoms with E-state index in [9.17, 15) is 8.42 Å². The topological polar surface area (TPSA) is 53.0 Å². The molecule has 5 nitrogen and oxygen atoms in total. The van der Waals surface area contributed by atoms with E-state index in [4.69, 9.17) is 11.6 Å². The molecule has 0 saturated carbocycles. The van der Waals surface area contributed by atoms with Gasteiger partial charge in [0.2, 0.25) is 10.0 Å². The molecule has 1 heterocycles. The molecular formula is C18H20ClN3O2S. The Morgan fingerprint density at radius 2 is 1.84 bits per heavy atom. The van der Waals surface area contributed by atoms with Gasteiger partial charge in [-0.1, -0.05) is 35.9 Å². The third kappa shape index (κ3) is 3.80. The maximum absolute atomic E-state index is 12.2. The number of hydrazone groups is 1. The van der Waals surface area contributed by atoms with Crippen LogP contribution in [0.3, 0.4) is 0 Å². The summed E-state index contributed by atoms with van der Waals surface area (Å²) in [7, 11) is 0.469. The lowest BCUT2D eigenvalue weighted by Crippen LogP contribution is -2.25. The van der Waals surface area contributed by atoms with Gasteiger partial charge < -0.3 is 4.90 Å². The molecule has 2 aromatic carbocycles. The van der Waals surface area contributed by atoms with Crippen molar-refractivity contribution in [3.8, 4) is 0 Å². The van der Waals surface area contributed by atoms with E-state index < -0.39 is 10.0 Å². The van der Waals surface area contributed by atoms with Crippen molar-refractivity contribution < 1.29 is 8.42 Å². The fourth-order valence-electron chi connectivity index (χ4n) is 2.88. The van der Waals surface area contributed by atoms with E-state index in [1.165, 1.54) is 10.7 Å². The fraction of sp³-hybridized carbons (Fsp3) is 0.278. The van der Waals surface area contributed by atoms with Gasteiger partial charge in [0, 0.05) is 31.2 Å². The monoisotopic (exact) mass is 377 g/mol. The number of benzene rings is 2. The van der Waals surface area contributed by atoms with E-state index in [1.807, 2.05) is 55.4 Å². The Bertz CT molecular complexity index is 908. The number of nitrogens with zero attached hydrogens (tertiary/aromatic N) is 3. The Hall–Kier alpha value is -2.05. The van der Waals surface area contributed by atoms with Crippen LogP contribution in [0.5, 0.6) is 0 Å². The second kappa shape index (κ2) is 6.69. The van der Waals surface area contributed by atoms with Crippen LogP contribution >= 0.6 is 11.6 Å². The smallest absolute Gasteiger partial charge is 0.247 e. The molecule has 0 N–H and O–H groups in total. The Kier molecular flexibility index (Phi) is 4.75. The predicted octanol–water partition coefficient (Wildman–Crippen LogP) is 3.52. The van der Waals surface area contributed by atoms with Gasteiger partial charge in [-0.3, -0.25) is 0 Å². The Balaban J connectivity index is 1.97. The molecule has 7 heteroatoms. The summed E-state index contributed by atoms with van der Waals surface area (Å²) in [6.45, 7) is 0. The van der Waals surface area contributed by atoms with Crippen LogP contribution in [0.15, 0.2) is 53.6 Å². The van der Waals surface area contributed by atoms with Gasteiger partial charge in [-0.2, -0.15) is 9.52 Å². The molecule has 0 unspecified atom stereocenters. The van der Waals surface area contributed by atoms with Gasteiger partial charge >= 0.3 is 0 Å². The van der Waals surface area contributed by atoms with Crippen LogP contribution in [0.2, 0.25) is 5.02 Å². The number of hydrogen-bond acceptors (Lipinski definition) is 4. The summed E-state index contributed by atoms with van der Waals surface area (Å²) in [5.41, 5.74) is 3.58. The lowest BCUT2D eigenvalue weighted by molar-refractivity contribution is 0.375. The molecule has 132 valence electrons. The highest BCUT2D eigenvalue weighted by Gasteiger charge is 2.34. The lowest BCUT2D eigenvalue weighted by atomic mass is 9.99. The molecular weight excluding hydrogens is 358 g/mol. The summed E-state index contributed by atoms with van der Waals surface area (Å²) in [5.74, 6) is 0. The number of hydrogen-bond donors (Lipinski definition) is 0. The zero-order valence-corrected chi connectivity index (χ0v) is 15.9. The standard InChI is InChI=1S/C18H20ClN3O2S/c1-21(2)16-9-7-13(8-10-16)17-12-18(22(20-17)25(3,23)24)14-5-4-6-15(19)11-14/h4-11,18H,12H2,1-3H3/t18-/m1/s1. The predicted molar refractivity (Wildman–Crippen MR) is 103 cm³/mol. The fourth-order valence-corrected chi connectivity index (χ4v) is 3.99. The van der Waals surface area contributed by atoms with Gasteiger partial charge in [0.25, 0.3) is 0 Å². The van der Waals surface area contributed by atoms with Gasteiger partial charge in [0.05, 0.1) is 18.0 Å². The third-order valence-corrected chi connectivity index (χ3v) is 5.41. The summed E-state index contributed by atoms with van der Waals surface area (Å²) in [6, 6.07) is 14.8. The second-order valence-electron chi connectivity index (χ2n) is 6.30. The molecule has 25 heavy (non-hydrogen) atoms. The minimum Gasteiger partial charge on any atom is -0.378 e. The quantitative estimate of drug-likeness (QED) is 0.819. The SMILES string of the molecule is CN(C)c1ccc(C2=NN(S(C)(=O)=O)[C@@H](c3cccc(Cl)c3)C2)cc1. The molecule has 0 fully saturated rings. The second-order valence-corrected chi connectivity index (χ2v) is 8.58. The van der Waals surface area contributed by atoms with Crippen molar-refractivity contribution in [2.45, 2.75) is 12.5 Å². The van der Waals surface area contributed by atoms with Crippen LogP contribution in [0.25, 0.3) is 0 Å². The Labute approximate surface area is 153 Å². The maximum Gasteiger partial charge on any atom is 0.247 e. The molecule has 1 atom stereocenters. The Morgan fingerprint density at radius 3 is 2.40 bits per heavy atom. The normalized spacial score (nSPS) is 17.5. The first-order valence-electron chi connectivity index (χ1n) is 7.86. The van der Waals surface area contributed by atoms with Gasteiger partial charge in [0.1, 0.15) is 0 Å². The molecule has 0 bridgehead atoms. The molecule has 2 aromatic rings. The minimum absolute atomic E-state index is 0.378. The highest BCUT2D eigenvalue weighted by atomic mass is 35.5. The minimum atomic E-state index is -3.48. The average Bonchev–Trinajstić information content (AvgIpc) is 3.00. The van der Waals surface area contributed by atoms with Crippen LogP contribution in [0, 0.1) is 0 Å². The van der Waals surface area contributed by atoms with Gasteiger partial charge in [-0.05, 0) is 35.4 Å². The average molecular weight is 378 g/mol. The van der Waals surface area contributed by atoms with E-state index >= 15 is 0 Å². The first-order chi connectivity index (χ1) is 11.8. The van der Waals surface area contributed by atoms with E-state index in [1.54, 1.807) is 12.1 Å².